The van der Waals surface area contributed by atoms with Gasteiger partial charge in [-0.15, -0.1) is 11.8 Å². The Balaban J connectivity index is 0.000000561. The van der Waals surface area contributed by atoms with Gasteiger partial charge in [-0.3, -0.25) is 4.98 Å². The van der Waals surface area contributed by atoms with Gasteiger partial charge in [-0.2, -0.15) is 0 Å². The summed E-state index contributed by atoms with van der Waals surface area (Å²) in [5.41, 5.74) is 0.968. The minimum atomic E-state index is 0.968. The highest BCUT2D eigenvalue weighted by Crippen LogP contribution is 2.17. The molecular formula is C10H15NS. The van der Waals surface area contributed by atoms with Gasteiger partial charge in [-0.05, 0) is 24.5 Å². The van der Waals surface area contributed by atoms with E-state index in [0.29, 0.717) is 0 Å². The zero-order valence-corrected chi connectivity index (χ0v) is 8.69. The van der Waals surface area contributed by atoms with E-state index in [4.69, 9.17) is 0 Å². The Morgan fingerprint density at radius 2 is 2.17 bits per heavy atom. The third-order valence-corrected chi connectivity index (χ3v) is 2.00. The summed E-state index contributed by atoms with van der Waals surface area (Å²) >= 11 is 1.69. The van der Waals surface area contributed by atoms with Gasteiger partial charge < -0.3 is 0 Å². The first-order valence-corrected chi connectivity index (χ1v) is 5.22. The van der Waals surface area contributed by atoms with Crippen LogP contribution in [0.4, 0.5) is 0 Å². The largest absolute Gasteiger partial charge is 0.256 e. The average molecular weight is 181 g/mol. The molecule has 0 atom stereocenters. The first-order chi connectivity index (χ1) is 5.88. The summed E-state index contributed by atoms with van der Waals surface area (Å²) in [6.07, 6.45) is 5.58. The molecule has 0 aromatic carbocycles. The summed E-state index contributed by atoms with van der Waals surface area (Å²) < 4.78 is 0. The van der Waals surface area contributed by atoms with Crippen molar-refractivity contribution < 1.29 is 0 Å². The van der Waals surface area contributed by atoms with Crippen LogP contribution in [-0.4, -0.2) is 11.2 Å². The summed E-state index contributed by atoms with van der Waals surface area (Å²) in [5, 5.41) is 0. The van der Waals surface area contributed by atoms with Crippen molar-refractivity contribution in [1.82, 2.24) is 4.98 Å². The molecule has 0 N–H and O–H groups in total. The highest BCUT2D eigenvalue weighted by molar-refractivity contribution is 7.98. The Bertz CT molecular complexity index is 233. The number of hydrogen-bond donors (Lipinski definition) is 0. The number of thioether (sulfide) groups is 1. The van der Waals surface area contributed by atoms with Crippen LogP contribution in [0, 0.1) is 0 Å². The van der Waals surface area contributed by atoms with Crippen LogP contribution in [0.1, 0.15) is 19.5 Å². The third kappa shape index (κ3) is 3.09. The Morgan fingerprint density at radius 1 is 1.50 bits per heavy atom. The quantitative estimate of drug-likeness (QED) is 0.648. The number of pyridine rings is 1. The highest BCUT2D eigenvalue weighted by Gasteiger charge is 1.94. The maximum absolute atomic E-state index is 4.13. The summed E-state index contributed by atoms with van der Waals surface area (Å²) in [4.78, 5) is 5.31. The zero-order valence-electron chi connectivity index (χ0n) is 7.87. The lowest BCUT2D eigenvalue weighted by molar-refractivity contribution is 1.21. The molecule has 0 aliphatic heterocycles. The van der Waals surface area contributed by atoms with Crippen LogP contribution in [-0.2, 0) is 0 Å². The van der Waals surface area contributed by atoms with Crippen molar-refractivity contribution >= 4 is 17.8 Å². The predicted molar refractivity (Wildman–Crippen MR) is 57.5 cm³/mol. The second-order valence-electron chi connectivity index (χ2n) is 1.80. The molecule has 0 bridgehead atoms. The molecule has 0 saturated carbocycles. The van der Waals surface area contributed by atoms with Gasteiger partial charge in [0, 0.05) is 11.1 Å². The molecule has 0 amide bonds. The molecule has 0 radical (unpaired) electrons. The highest BCUT2D eigenvalue weighted by atomic mass is 32.2. The van der Waals surface area contributed by atoms with E-state index >= 15 is 0 Å². The van der Waals surface area contributed by atoms with Crippen molar-refractivity contribution in [3.05, 3.63) is 30.6 Å². The van der Waals surface area contributed by atoms with Crippen LogP contribution in [0.25, 0.3) is 6.08 Å². The third-order valence-electron chi connectivity index (χ3n) is 1.21. The van der Waals surface area contributed by atoms with Crippen LogP contribution in [0.2, 0.25) is 0 Å². The van der Waals surface area contributed by atoms with Crippen LogP contribution in [0.3, 0.4) is 0 Å². The fraction of sp³-hybridized carbons (Fsp3) is 0.300. The van der Waals surface area contributed by atoms with Crippen molar-refractivity contribution in [3.63, 3.8) is 0 Å². The first kappa shape index (κ1) is 11.2. The van der Waals surface area contributed by atoms with Gasteiger partial charge in [-0.25, -0.2) is 0 Å². The lowest BCUT2D eigenvalue weighted by atomic mass is 10.3. The maximum atomic E-state index is 4.13. The molecule has 0 aliphatic carbocycles. The second kappa shape index (κ2) is 6.92. The maximum Gasteiger partial charge on any atom is 0.0759 e. The van der Waals surface area contributed by atoms with E-state index in [1.807, 2.05) is 32.2 Å². The van der Waals surface area contributed by atoms with Gasteiger partial charge in [0.15, 0.2) is 0 Å². The average Bonchev–Trinajstić information content (AvgIpc) is 2.20. The fourth-order valence-corrected chi connectivity index (χ4v) is 1.29. The number of nitrogens with zero attached hydrogens (tertiary/aromatic N) is 1. The van der Waals surface area contributed by atoms with Gasteiger partial charge >= 0.3 is 0 Å². The molecule has 1 rings (SSSR count). The monoisotopic (exact) mass is 181 g/mol. The summed E-state index contributed by atoms with van der Waals surface area (Å²) in [7, 11) is 0. The van der Waals surface area contributed by atoms with Crippen molar-refractivity contribution in [2.24, 2.45) is 0 Å². The van der Waals surface area contributed by atoms with Crippen molar-refractivity contribution in [2.75, 3.05) is 6.26 Å². The second-order valence-corrected chi connectivity index (χ2v) is 2.64. The molecule has 0 spiro atoms. The molecule has 0 aliphatic rings. The number of rotatable bonds is 2. The number of hydrogen-bond acceptors (Lipinski definition) is 2. The predicted octanol–water partition coefficient (Wildman–Crippen LogP) is 3.47. The molecule has 12 heavy (non-hydrogen) atoms. The summed E-state index contributed by atoms with van der Waals surface area (Å²) in [5.74, 6) is 0. The molecule has 66 valence electrons. The molecule has 2 heteroatoms. The van der Waals surface area contributed by atoms with Crippen LogP contribution in [0.5, 0.6) is 0 Å². The van der Waals surface area contributed by atoms with E-state index in [1.165, 1.54) is 4.90 Å². The topological polar surface area (TPSA) is 12.9 Å². The lowest BCUT2D eigenvalue weighted by Gasteiger charge is -1.97. The summed E-state index contributed by atoms with van der Waals surface area (Å²) in [6.45, 7) is 7.66. The van der Waals surface area contributed by atoms with Crippen molar-refractivity contribution in [1.29, 1.82) is 0 Å². The smallest absolute Gasteiger partial charge is 0.0759 e. The molecule has 0 fully saturated rings. The Kier molecular flexibility index (Phi) is 6.48. The fourth-order valence-electron chi connectivity index (χ4n) is 0.729. The standard InChI is InChI=1S/C8H9NS.C2H6/c1-3-7-8(10-2)5-4-6-9-7;1-2/h3-6H,1H2,2H3;1-2H3. The van der Waals surface area contributed by atoms with E-state index in [1.54, 1.807) is 24.0 Å². The van der Waals surface area contributed by atoms with E-state index in [0.717, 1.165) is 5.69 Å². The Labute approximate surface area is 78.9 Å². The molecule has 1 aromatic rings. The van der Waals surface area contributed by atoms with Gasteiger partial charge in [0.05, 0.1) is 5.69 Å². The van der Waals surface area contributed by atoms with E-state index in [9.17, 15) is 0 Å². The Morgan fingerprint density at radius 3 is 2.58 bits per heavy atom. The zero-order chi connectivity index (χ0) is 9.40. The normalized spacial score (nSPS) is 8.25. The van der Waals surface area contributed by atoms with E-state index < -0.39 is 0 Å². The molecule has 1 nitrogen and oxygen atoms in total. The SMILES string of the molecule is C=Cc1ncccc1SC.CC. The van der Waals surface area contributed by atoms with Crippen LogP contribution < -0.4 is 0 Å². The summed E-state index contributed by atoms with van der Waals surface area (Å²) in [6, 6.07) is 3.97. The van der Waals surface area contributed by atoms with Gasteiger partial charge in [-0.1, -0.05) is 20.4 Å². The van der Waals surface area contributed by atoms with Gasteiger partial charge in [0.2, 0.25) is 0 Å². The van der Waals surface area contributed by atoms with E-state index in [-0.39, 0.29) is 0 Å². The Hall–Kier alpha value is -0.760. The van der Waals surface area contributed by atoms with Crippen LogP contribution in [0.15, 0.2) is 29.8 Å². The molecule has 1 heterocycles. The van der Waals surface area contributed by atoms with Crippen molar-refractivity contribution in [2.45, 2.75) is 18.7 Å². The van der Waals surface area contributed by atoms with Gasteiger partial charge in [0.1, 0.15) is 0 Å². The van der Waals surface area contributed by atoms with Gasteiger partial charge in [0.25, 0.3) is 0 Å². The number of aromatic nitrogens is 1. The molecular weight excluding hydrogens is 166 g/mol. The van der Waals surface area contributed by atoms with Crippen molar-refractivity contribution in [3.8, 4) is 0 Å². The minimum absolute atomic E-state index is 0.968. The molecule has 0 saturated heterocycles. The van der Waals surface area contributed by atoms with E-state index in [2.05, 4.69) is 11.6 Å². The molecule has 0 unspecified atom stereocenters. The first-order valence-electron chi connectivity index (χ1n) is 4.00. The minimum Gasteiger partial charge on any atom is -0.256 e. The molecule has 1 aromatic heterocycles. The van der Waals surface area contributed by atoms with Crippen LogP contribution >= 0.6 is 11.8 Å². The lowest BCUT2D eigenvalue weighted by Crippen LogP contribution is -1.81.